The summed E-state index contributed by atoms with van der Waals surface area (Å²) >= 11 is 0. The highest BCUT2D eigenvalue weighted by atomic mass is 16.7. The topological polar surface area (TPSA) is 97.6 Å². The zero-order chi connectivity index (χ0) is 22.7. The van der Waals surface area contributed by atoms with Crippen LogP contribution in [0.5, 0.6) is 5.75 Å². The quantitative estimate of drug-likeness (QED) is 0.602. The lowest BCUT2D eigenvalue weighted by Gasteiger charge is -2.47. The molecule has 1 heterocycles. The third kappa shape index (κ3) is 5.41. The van der Waals surface area contributed by atoms with Crippen LogP contribution in [0.4, 0.5) is 0 Å². The summed E-state index contributed by atoms with van der Waals surface area (Å²) < 4.78 is 23.7. The van der Waals surface area contributed by atoms with Crippen LogP contribution in [0.3, 0.4) is 0 Å². The van der Waals surface area contributed by atoms with Gasteiger partial charge in [0, 0.05) is 5.92 Å². The van der Waals surface area contributed by atoms with Crippen LogP contribution in [0, 0.1) is 17.8 Å². The molecule has 2 aliphatic rings. The minimum Gasteiger partial charge on any atom is -0.497 e. The van der Waals surface area contributed by atoms with E-state index in [1.165, 1.54) is 0 Å². The first-order valence-electron chi connectivity index (χ1n) is 11.4. The van der Waals surface area contributed by atoms with Gasteiger partial charge in [0.05, 0.1) is 38.1 Å². The Bertz CT molecular complexity index is 681. The van der Waals surface area contributed by atoms with Crippen LogP contribution in [0.25, 0.3) is 0 Å². The van der Waals surface area contributed by atoms with E-state index in [-0.39, 0.29) is 17.8 Å². The van der Waals surface area contributed by atoms with E-state index in [2.05, 4.69) is 0 Å². The first kappa shape index (κ1) is 24.4. The van der Waals surface area contributed by atoms with E-state index < -0.39 is 42.9 Å². The molecule has 3 N–H and O–H groups in total. The predicted molar refractivity (Wildman–Crippen MR) is 116 cm³/mol. The van der Waals surface area contributed by atoms with Gasteiger partial charge in [0.1, 0.15) is 18.0 Å². The highest BCUT2D eigenvalue weighted by Crippen LogP contribution is 2.37. The number of hydrogen-bond acceptors (Lipinski definition) is 7. The molecule has 1 aromatic carbocycles. The minimum absolute atomic E-state index is 0.0142. The van der Waals surface area contributed by atoms with Gasteiger partial charge in [-0.2, -0.15) is 0 Å². The molecule has 0 spiro atoms. The summed E-state index contributed by atoms with van der Waals surface area (Å²) in [6, 6.07) is 7.62. The number of aliphatic hydroxyl groups excluding tert-OH is 3. The van der Waals surface area contributed by atoms with Gasteiger partial charge in [-0.3, -0.25) is 0 Å². The van der Waals surface area contributed by atoms with Crippen molar-refractivity contribution in [3.05, 3.63) is 29.8 Å². The van der Waals surface area contributed by atoms with Crippen LogP contribution in [0.1, 0.15) is 46.1 Å². The number of ether oxygens (including phenoxy) is 4. The molecule has 7 nitrogen and oxygen atoms in total. The Balaban J connectivity index is 1.69. The summed E-state index contributed by atoms with van der Waals surface area (Å²) in [5, 5.41) is 31.8. The normalized spacial score (nSPS) is 41.2. The van der Waals surface area contributed by atoms with E-state index in [9.17, 15) is 15.3 Å². The summed E-state index contributed by atoms with van der Waals surface area (Å²) in [5.41, 5.74) is 0.977. The van der Waals surface area contributed by atoms with E-state index in [0.717, 1.165) is 17.7 Å². The lowest BCUT2D eigenvalue weighted by molar-refractivity contribution is -0.315. The zero-order valence-corrected chi connectivity index (χ0v) is 19.2. The van der Waals surface area contributed by atoms with Crippen molar-refractivity contribution in [2.24, 2.45) is 17.8 Å². The maximum absolute atomic E-state index is 10.8. The van der Waals surface area contributed by atoms with Crippen molar-refractivity contribution < 1.29 is 34.3 Å². The molecule has 0 radical (unpaired) electrons. The van der Waals surface area contributed by atoms with Gasteiger partial charge in [-0.1, -0.05) is 39.8 Å². The summed E-state index contributed by atoms with van der Waals surface area (Å²) in [6.07, 6.45) is -3.29. The molecule has 7 heteroatoms. The smallest absolute Gasteiger partial charge is 0.163 e. The Labute approximate surface area is 185 Å². The lowest BCUT2D eigenvalue weighted by Crippen LogP contribution is -2.58. The summed E-state index contributed by atoms with van der Waals surface area (Å²) in [7, 11) is 1.63. The molecule has 1 aliphatic heterocycles. The molecule has 1 saturated carbocycles. The third-order valence-electron chi connectivity index (χ3n) is 6.84. The molecule has 0 aromatic heterocycles. The molecule has 1 aromatic rings. The molecule has 176 valence electrons. The average molecular weight is 439 g/mol. The first-order valence-corrected chi connectivity index (χ1v) is 11.4. The SMILES string of the molecule is CCC1O[C@@H](O[C@H]2C(C)C[C@@H](C)C(O)[C@H]2O)C(C)[C@@H](OCc2ccc(OC)cc2)[C@H]1O. The molecule has 3 rings (SSSR count). The molecule has 4 unspecified atom stereocenters. The van der Waals surface area contributed by atoms with Gasteiger partial charge < -0.3 is 34.3 Å². The fraction of sp³-hybridized carbons (Fsp3) is 0.750. The molecule has 31 heavy (non-hydrogen) atoms. The van der Waals surface area contributed by atoms with Crippen molar-refractivity contribution >= 4 is 0 Å². The van der Waals surface area contributed by atoms with E-state index in [0.29, 0.717) is 13.0 Å². The highest BCUT2D eigenvalue weighted by molar-refractivity contribution is 5.26. The second kappa shape index (κ2) is 10.6. The van der Waals surface area contributed by atoms with Gasteiger partial charge in [0.25, 0.3) is 0 Å². The number of benzene rings is 1. The van der Waals surface area contributed by atoms with Gasteiger partial charge in [0.2, 0.25) is 0 Å². The second-order valence-corrected chi connectivity index (χ2v) is 9.20. The first-order chi connectivity index (χ1) is 14.8. The Morgan fingerprint density at radius 1 is 0.935 bits per heavy atom. The number of methoxy groups -OCH3 is 1. The summed E-state index contributed by atoms with van der Waals surface area (Å²) in [6.45, 7) is 8.18. The predicted octanol–water partition coefficient (Wildman–Crippen LogP) is 2.50. The van der Waals surface area contributed by atoms with Crippen molar-refractivity contribution in [1.82, 2.24) is 0 Å². The fourth-order valence-electron chi connectivity index (χ4n) is 4.81. The largest absolute Gasteiger partial charge is 0.497 e. The lowest BCUT2D eigenvalue weighted by atomic mass is 9.77. The molecule has 1 saturated heterocycles. The van der Waals surface area contributed by atoms with E-state index in [4.69, 9.17) is 18.9 Å². The minimum atomic E-state index is -0.972. The Morgan fingerprint density at radius 2 is 1.61 bits per heavy atom. The maximum atomic E-state index is 10.8. The number of rotatable bonds is 7. The van der Waals surface area contributed by atoms with Crippen LogP contribution in [0.2, 0.25) is 0 Å². The van der Waals surface area contributed by atoms with Crippen molar-refractivity contribution in [2.75, 3.05) is 7.11 Å². The van der Waals surface area contributed by atoms with Crippen LogP contribution >= 0.6 is 0 Å². The average Bonchev–Trinajstić information content (AvgIpc) is 2.76. The summed E-state index contributed by atoms with van der Waals surface area (Å²) in [5.74, 6) is 0.612. The van der Waals surface area contributed by atoms with E-state index in [1.807, 2.05) is 52.0 Å². The third-order valence-corrected chi connectivity index (χ3v) is 6.84. The number of aliphatic hydroxyl groups is 3. The maximum Gasteiger partial charge on any atom is 0.163 e. The van der Waals surface area contributed by atoms with Crippen LogP contribution in [-0.4, -0.2) is 65.3 Å². The zero-order valence-electron chi connectivity index (χ0n) is 19.2. The second-order valence-electron chi connectivity index (χ2n) is 9.20. The van der Waals surface area contributed by atoms with Gasteiger partial charge in [-0.15, -0.1) is 0 Å². The van der Waals surface area contributed by atoms with E-state index >= 15 is 0 Å². The standard InChI is InChI=1S/C24H38O7/c1-6-18-20(26)23(29-12-16-7-9-17(28-5)10-8-16)15(4)24(30-18)31-22-14(3)11-13(2)19(25)21(22)27/h7-10,13-15,18-27H,6,11-12H2,1-5H3/t13-,14?,15?,18?,19?,20+,21-,22+,23-,24+/m1/s1. The van der Waals surface area contributed by atoms with E-state index in [1.54, 1.807) is 7.11 Å². The fourth-order valence-corrected chi connectivity index (χ4v) is 4.81. The molecule has 2 fully saturated rings. The van der Waals surface area contributed by atoms with Gasteiger partial charge in [0.15, 0.2) is 6.29 Å². The monoisotopic (exact) mass is 438 g/mol. The molecular formula is C24H38O7. The van der Waals surface area contributed by atoms with Crippen molar-refractivity contribution in [1.29, 1.82) is 0 Å². The van der Waals surface area contributed by atoms with Gasteiger partial charge >= 0.3 is 0 Å². The summed E-state index contributed by atoms with van der Waals surface area (Å²) in [4.78, 5) is 0. The van der Waals surface area contributed by atoms with Crippen LogP contribution < -0.4 is 4.74 Å². The molecule has 1 aliphatic carbocycles. The Kier molecular flexibility index (Phi) is 8.35. The Hall–Kier alpha value is -1.22. The van der Waals surface area contributed by atoms with Gasteiger partial charge in [-0.25, -0.2) is 0 Å². The van der Waals surface area contributed by atoms with Crippen LogP contribution in [-0.2, 0) is 20.8 Å². The van der Waals surface area contributed by atoms with Crippen LogP contribution in [0.15, 0.2) is 24.3 Å². The molecule has 10 atom stereocenters. The molecule has 0 bridgehead atoms. The van der Waals surface area contributed by atoms with Crippen molar-refractivity contribution in [3.63, 3.8) is 0 Å². The van der Waals surface area contributed by atoms with Crippen molar-refractivity contribution in [2.45, 2.75) is 90.1 Å². The molecular weight excluding hydrogens is 400 g/mol. The Morgan fingerprint density at radius 3 is 2.23 bits per heavy atom. The van der Waals surface area contributed by atoms with Gasteiger partial charge in [-0.05, 0) is 42.4 Å². The van der Waals surface area contributed by atoms with Crippen molar-refractivity contribution in [3.8, 4) is 5.75 Å². The highest BCUT2D eigenvalue weighted by Gasteiger charge is 2.47. The molecule has 0 amide bonds. The number of hydrogen-bond donors (Lipinski definition) is 3.